The van der Waals surface area contributed by atoms with Crippen molar-refractivity contribution in [2.45, 2.75) is 18.9 Å². The number of rotatable bonds is 6. The van der Waals surface area contributed by atoms with Gasteiger partial charge < -0.3 is 15.2 Å². The second-order valence-corrected chi connectivity index (χ2v) is 5.18. The van der Waals surface area contributed by atoms with Crippen molar-refractivity contribution >= 4 is 16.9 Å². The standard InChI is InChI=1S/C15H19N3O3/c1-15(20,5-8-21-2)10-18-14(19)11-3-4-12-13(9-11)17-7-6-16-12/h3-4,6-7,9,20H,5,8,10H2,1-2H3,(H,18,19). The van der Waals surface area contributed by atoms with Gasteiger partial charge in [-0.15, -0.1) is 0 Å². The molecule has 1 heterocycles. The van der Waals surface area contributed by atoms with E-state index in [1.807, 2.05) is 0 Å². The van der Waals surface area contributed by atoms with Crippen molar-refractivity contribution in [2.75, 3.05) is 20.3 Å². The lowest BCUT2D eigenvalue weighted by molar-refractivity contribution is 0.0243. The Bertz CT molecular complexity index is 628. The largest absolute Gasteiger partial charge is 0.388 e. The molecular formula is C15H19N3O3. The highest BCUT2D eigenvalue weighted by molar-refractivity contribution is 5.97. The molecule has 6 heteroatoms. The molecule has 0 saturated heterocycles. The molecule has 0 spiro atoms. The van der Waals surface area contributed by atoms with E-state index in [2.05, 4.69) is 15.3 Å². The summed E-state index contributed by atoms with van der Waals surface area (Å²) < 4.78 is 4.93. The maximum Gasteiger partial charge on any atom is 0.251 e. The van der Waals surface area contributed by atoms with Gasteiger partial charge in [0.15, 0.2) is 0 Å². The Morgan fingerprint density at radius 3 is 2.76 bits per heavy atom. The molecule has 0 radical (unpaired) electrons. The minimum Gasteiger partial charge on any atom is -0.388 e. The number of hydrogen-bond donors (Lipinski definition) is 2. The van der Waals surface area contributed by atoms with Gasteiger partial charge in [0, 0.05) is 44.6 Å². The van der Waals surface area contributed by atoms with Crippen LogP contribution in [0.2, 0.25) is 0 Å². The van der Waals surface area contributed by atoms with Crippen LogP contribution in [0.25, 0.3) is 11.0 Å². The number of nitrogens with one attached hydrogen (secondary N) is 1. The van der Waals surface area contributed by atoms with Crippen molar-refractivity contribution in [3.8, 4) is 0 Å². The molecule has 21 heavy (non-hydrogen) atoms. The van der Waals surface area contributed by atoms with Gasteiger partial charge in [-0.05, 0) is 25.1 Å². The summed E-state index contributed by atoms with van der Waals surface area (Å²) in [4.78, 5) is 20.4. The number of aromatic nitrogens is 2. The second-order valence-electron chi connectivity index (χ2n) is 5.18. The van der Waals surface area contributed by atoms with Crippen LogP contribution in [0.4, 0.5) is 0 Å². The van der Waals surface area contributed by atoms with E-state index in [0.29, 0.717) is 24.1 Å². The Labute approximate surface area is 123 Å². The Hall–Kier alpha value is -2.05. The van der Waals surface area contributed by atoms with Crippen LogP contribution in [0.3, 0.4) is 0 Å². The highest BCUT2D eigenvalue weighted by atomic mass is 16.5. The van der Waals surface area contributed by atoms with E-state index in [4.69, 9.17) is 4.74 Å². The number of methoxy groups -OCH3 is 1. The van der Waals surface area contributed by atoms with E-state index in [1.54, 1.807) is 44.6 Å². The average molecular weight is 289 g/mol. The van der Waals surface area contributed by atoms with Gasteiger partial charge in [-0.1, -0.05) is 0 Å². The topological polar surface area (TPSA) is 84.3 Å². The molecule has 0 saturated carbocycles. The Morgan fingerprint density at radius 1 is 1.33 bits per heavy atom. The van der Waals surface area contributed by atoms with Gasteiger partial charge in [-0.25, -0.2) is 0 Å². The van der Waals surface area contributed by atoms with Crippen LogP contribution in [-0.2, 0) is 4.74 Å². The van der Waals surface area contributed by atoms with Gasteiger partial charge >= 0.3 is 0 Å². The zero-order chi connectivity index (χ0) is 15.3. The first-order chi connectivity index (χ1) is 10.0. The number of aliphatic hydroxyl groups is 1. The summed E-state index contributed by atoms with van der Waals surface area (Å²) in [5.74, 6) is -0.250. The smallest absolute Gasteiger partial charge is 0.251 e. The van der Waals surface area contributed by atoms with Crippen molar-refractivity contribution in [3.63, 3.8) is 0 Å². The Balaban J connectivity index is 2.02. The number of benzene rings is 1. The molecule has 1 atom stereocenters. The van der Waals surface area contributed by atoms with Crippen LogP contribution >= 0.6 is 0 Å². The molecule has 2 N–H and O–H groups in total. The lowest BCUT2D eigenvalue weighted by Crippen LogP contribution is -2.41. The van der Waals surface area contributed by atoms with Crippen molar-refractivity contribution in [3.05, 3.63) is 36.2 Å². The number of nitrogens with zero attached hydrogens (tertiary/aromatic N) is 2. The fourth-order valence-electron chi connectivity index (χ4n) is 1.89. The quantitative estimate of drug-likeness (QED) is 0.833. The summed E-state index contributed by atoms with van der Waals surface area (Å²) in [6, 6.07) is 5.12. The number of amides is 1. The van der Waals surface area contributed by atoms with Crippen LogP contribution in [0.1, 0.15) is 23.7 Å². The highest BCUT2D eigenvalue weighted by Crippen LogP contribution is 2.12. The fourth-order valence-corrected chi connectivity index (χ4v) is 1.89. The minimum absolute atomic E-state index is 0.160. The first kappa shape index (κ1) is 15.3. The minimum atomic E-state index is -0.998. The van der Waals surface area contributed by atoms with Gasteiger partial charge in [0.2, 0.25) is 0 Å². The van der Waals surface area contributed by atoms with Crippen LogP contribution < -0.4 is 5.32 Å². The van der Waals surface area contributed by atoms with Gasteiger partial charge in [-0.2, -0.15) is 0 Å². The van der Waals surface area contributed by atoms with Gasteiger partial charge in [-0.3, -0.25) is 14.8 Å². The normalized spacial score (nSPS) is 13.9. The summed E-state index contributed by atoms with van der Waals surface area (Å²) in [5, 5.41) is 12.8. The SMILES string of the molecule is COCCC(C)(O)CNC(=O)c1ccc2nccnc2c1. The average Bonchev–Trinajstić information content (AvgIpc) is 2.50. The first-order valence-electron chi connectivity index (χ1n) is 6.72. The Kier molecular flexibility index (Phi) is 4.82. The van der Waals surface area contributed by atoms with Crippen molar-refractivity contribution < 1.29 is 14.6 Å². The van der Waals surface area contributed by atoms with E-state index in [9.17, 15) is 9.90 Å². The third-order valence-electron chi connectivity index (χ3n) is 3.21. The van der Waals surface area contributed by atoms with Crippen LogP contribution in [0.15, 0.2) is 30.6 Å². The maximum absolute atomic E-state index is 12.1. The van der Waals surface area contributed by atoms with Gasteiger partial charge in [0.1, 0.15) is 0 Å². The van der Waals surface area contributed by atoms with Crippen molar-refractivity contribution in [1.29, 1.82) is 0 Å². The predicted octanol–water partition coefficient (Wildman–Crippen LogP) is 1.15. The van der Waals surface area contributed by atoms with E-state index in [0.717, 1.165) is 5.52 Å². The third-order valence-corrected chi connectivity index (χ3v) is 3.21. The zero-order valence-corrected chi connectivity index (χ0v) is 12.2. The van der Waals surface area contributed by atoms with Crippen LogP contribution in [-0.4, -0.2) is 46.8 Å². The molecule has 0 aliphatic heterocycles. The van der Waals surface area contributed by atoms with E-state index >= 15 is 0 Å². The summed E-state index contributed by atoms with van der Waals surface area (Å²) in [6.07, 6.45) is 3.64. The number of ether oxygens (including phenoxy) is 1. The summed E-state index contributed by atoms with van der Waals surface area (Å²) in [5.41, 5.74) is 0.894. The van der Waals surface area contributed by atoms with Crippen molar-refractivity contribution in [1.82, 2.24) is 15.3 Å². The fraction of sp³-hybridized carbons (Fsp3) is 0.400. The zero-order valence-electron chi connectivity index (χ0n) is 12.2. The molecule has 2 aromatic rings. The van der Waals surface area contributed by atoms with E-state index in [1.165, 1.54) is 0 Å². The molecule has 0 aliphatic carbocycles. The maximum atomic E-state index is 12.1. The number of fused-ring (bicyclic) bond motifs is 1. The monoisotopic (exact) mass is 289 g/mol. The number of carbonyl (C=O) groups excluding carboxylic acids is 1. The third kappa shape index (κ3) is 4.21. The van der Waals surface area contributed by atoms with Crippen LogP contribution in [0.5, 0.6) is 0 Å². The lowest BCUT2D eigenvalue weighted by atomic mass is 10.0. The number of hydrogen-bond acceptors (Lipinski definition) is 5. The highest BCUT2D eigenvalue weighted by Gasteiger charge is 2.21. The van der Waals surface area contributed by atoms with Crippen molar-refractivity contribution in [2.24, 2.45) is 0 Å². The van der Waals surface area contributed by atoms with Crippen LogP contribution in [0, 0.1) is 0 Å². The molecule has 6 nitrogen and oxygen atoms in total. The summed E-state index contributed by atoms with van der Waals surface area (Å²) in [6.45, 7) is 2.26. The summed E-state index contributed by atoms with van der Waals surface area (Å²) >= 11 is 0. The molecule has 2 rings (SSSR count). The molecule has 0 bridgehead atoms. The first-order valence-corrected chi connectivity index (χ1v) is 6.72. The van der Waals surface area contributed by atoms with E-state index < -0.39 is 5.60 Å². The summed E-state index contributed by atoms with van der Waals surface area (Å²) in [7, 11) is 1.57. The predicted molar refractivity (Wildman–Crippen MR) is 79.0 cm³/mol. The Morgan fingerprint density at radius 2 is 2.05 bits per heavy atom. The molecule has 1 amide bonds. The second kappa shape index (κ2) is 6.60. The molecule has 112 valence electrons. The molecular weight excluding hydrogens is 270 g/mol. The molecule has 0 fully saturated rings. The lowest BCUT2D eigenvalue weighted by Gasteiger charge is -2.23. The van der Waals surface area contributed by atoms with Gasteiger partial charge in [0.25, 0.3) is 5.91 Å². The molecule has 1 unspecified atom stereocenters. The number of carbonyl (C=O) groups is 1. The molecule has 1 aromatic heterocycles. The molecule has 0 aliphatic rings. The van der Waals surface area contributed by atoms with Gasteiger partial charge in [0.05, 0.1) is 16.6 Å². The molecule has 1 aromatic carbocycles. The van der Waals surface area contributed by atoms with E-state index in [-0.39, 0.29) is 12.5 Å².